The molecule has 138 valence electrons. The number of fused-ring (bicyclic) bond motifs is 3. The monoisotopic (exact) mass is 382 g/mol. The smallest absolute Gasteiger partial charge is 0.338 e. The standard InChI is InChI=1S/C16H13ClF2N4O2.CH4/c1-7-3-11-10(4-9(7)15(24)25-2)20-12(17)14-22-21-13(23(11)14)8-5-16(18,19)6-8;/h3-4,8H,5-6H2,1-2H3;1H4. The van der Waals surface area contributed by atoms with Crippen molar-refractivity contribution in [1.29, 1.82) is 0 Å². The number of benzene rings is 1. The first kappa shape index (κ1) is 18.4. The second-order valence-corrected chi connectivity index (χ2v) is 6.59. The lowest BCUT2D eigenvalue weighted by molar-refractivity contribution is -0.0886. The van der Waals surface area contributed by atoms with Crippen molar-refractivity contribution >= 4 is 34.3 Å². The minimum absolute atomic E-state index is 0. The number of ether oxygens (including phenoxy) is 1. The average Bonchev–Trinajstić information content (AvgIpc) is 2.97. The molecule has 0 N–H and O–H groups in total. The molecule has 0 aliphatic heterocycles. The van der Waals surface area contributed by atoms with Crippen molar-refractivity contribution in [3.8, 4) is 0 Å². The van der Waals surface area contributed by atoms with E-state index in [0.717, 1.165) is 0 Å². The van der Waals surface area contributed by atoms with E-state index in [4.69, 9.17) is 16.3 Å². The van der Waals surface area contributed by atoms with Gasteiger partial charge in [-0.05, 0) is 24.6 Å². The Bertz CT molecular complexity index is 1030. The molecular formula is C17H17ClF2N4O2. The van der Waals surface area contributed by atoms with Crippen LogP contribution in [0, 0.1) is 6.92 Å². The van der Waals surface area contributed by atoms with Gasteiger partial charge in [-0.25, -0.2) is 18.6 Å². The van der Waals surface area contributed by atoms with Gasteiger partial charge >= 0.3 is 5.97 Å². The van der Waals surface area contributed by atoms with E-state index in [1.165, 1.54) is 7.11 Å². The van der Waals surface area contributed by atoms with E-state index in [0.29, 0.717) is 33.6 Å². The zero-order valence-corrected chi connectivity index (χ0v) is 14.1. The Balaban J connectivity index is 0.00000196. The maximum absolute atomic E-state index is 13.3. The molecule has 0 unspecified atom stereocenters. The molecule has 0 radical (unpaired) electrons. The van der Waals surface area contributed by atoms with Gasteiger partial charge in [0.2, 0.25) is 5.92 Å². The van der Waals surface area contributed by atoms with Crippen LogP contribution in [0.3, 0.4) is 0 Å². The Kier molecular flexibility index (Phi) is 4.34. The predicted molar refractivity (Wildman–Crippen MR) is 93.0 cm³/mol. The first-order valence-corrected chi connectivity index (χ1v) is 7.99. The summed E-state index contributed by atoms with van der Waals surface area (Å²) >= 11 is 6.18. The molecule has 6 nitrogen and oxygen atoms in total. The number of halogens is 3. The molecule has 3 aromatic rings. The number of hydrogen-bond donors (Lipinski definition) is 0. The summed E-state index contributed by atoms with van der Waals surface area (Å²) in [5.41, 5.74) is 2.39. The van der Waals surface area contributed by atoms with Crippen molar-refractivity contribution in [2.45, 2.75) is 39.0 Å². The van der Waals surface area contributed by atoms with Crippen LogP contribution in [0.15, 0.2) is 12.1 Å². The van der Waals surface area contributed by atoms with Gasteiger partial charge < -0.3 is 4.74 Å². The number of hydrogen-bond acceptors (Lipinski definition) is 5. The molecular weight excluding hydrogens is 366 g/mol. The minimum Gasteiger partial charge on any atom is -0.465 e. The SMILES string of the molecule is C.COC(=O)c1cc2nc(Cl)c3nnc(C4CC(F)(F)C4)n3c2cc1C. The Morgan fingerprint density at radius 2 is 2.04 bits per heavy atom. The number of methoxy groups -OCH3 is 1. The van der Waals surface area contributed by atoms with Crippen LogP contribution in [0.2, 0.25) is 5.15 Å². The van der Waals surface area contributed by atoms with E-state index in [1.807, 2.05) is 0 Å². The lowest BCUT2D eigenvalue weighted by atomic mass is 9.81. The van der Waals surface area contributed by atoms with Gasteiger partial charge in [-0.1, -0.05) is 19.0 Å². The number of alkyl halides is 2. The predicted octanol–water partition coefficient (Wildman–Crippen LogP) is 4.17. The van der Waals surface area contributed by atoms with E-state index in [-0.39, 0.29) is 25.4 Å². The number of carbonyl (C=O) groups excluding carboxylic acids is 1. The van der Waals surface area contributed by atoms with Crippen LogP contribution in [-0.4, -0.2) is 38.6 Å². The fraction of sp³-hybridized carbons (Fsp3) is 0.412. The van der Waals surface area contributed by atoms with Crippen molar-refractivity contribution in [3.05, 3.63) is 34.2 Å². The number of carbonyl (C=O) groups is 1. The number of aromatic nitrogens is 4. The first-order valence-electron chi connectivity index (χ1n) is 7.62. The maximum atomic E-state index is 13.3. The zero-order chi connectivity index (χ0) is 17.9. The second kappa shape index (κ2) is 6.12. The molecule has 0 spiro atoms. The molecule has 4 rings (SSSR count). The highest BCUT2D eigenvalue weighted by Gasteiger charge is 2.48. The molecule has 2 heterocycles. The molecule has 26 heavy (non-hydrogen) atoms. The highest BCUT2D eigenvalue weighted by molar-refractivity contribution is 6.32. The van der Waals surface area contributed by atoms with Gasteiger partial charge in [-0.15, -0.1) is 10.2 Å². The van der Waals surface area contributed by atoms with E-state index in [2.05, 4.69) is 15.2 Å². The topological polar surface area (TPSA) is 69.4 Å². The van der Waals surface area contributed by atoms with Crippen LogP contribution in [0.5, 0.6) is 0 Å². The van der Waals surface area contributed by atoms with Gasteiger partial charge in [0.05, 0.1) is 23.7 Å². The van der Waals surface area contributed by atoms with Crippen molar-refractivity contribution in [3.63, 3.8) is 0 Å². The summed E-state index contributed by atoms with van der Waals surface area (Å²) in [6.45, 7) is 1.76. The number of aryl methyl sites for hydroxylation is 1. The molecule has 0 amide bonds. The molecule has 1 saturated carbocycles. The highest BCUT2D eigenvalue weighted by Crippen LogP contribution is 2.48. The van der Waals surface area contributed by atoms with Crippen molar-refractivity contribution in [2.24, 2.45) is 0 Å². The maximum Gasteiger partial charge on any atom is 0.338 e. The molecule has 2 aromatic heterocycles. The summed E-state index contributed by atoms with van der Waals surface area (Å²) in [5.74, 6) is -3.12. The largest absolute Gasteiger partial charge is 0.465 e. The number of rotatable bonds is 2. The Labute approximate surface area is 153 Å². The van der Waals surface area contributed by atoms with Crippen molar-refractivity contribution < 1.29 is 18.3 Å². The van der Waals surface area contributed by atoms with Gasteiger partial charge in [0.25, 0.3) is 0 Å². The molecule has 1 fully saturated rings. The normalized spacial score (nSPS) is 16.3. The fourth-order valence-corrected chi connectivity index (χ4v) is 3.42. The molecule has 9 heteroatoms. The number of esters is 1. The Hall–Kier alpha value is -2.35. The minimum atomic E-state index is -2.67. The molecule has 0 bridgehead atoms. The third kappa shape index (κ3) is 2.68. The lowest BCUT2D eigenvalue weighted by Gasteiger charge is -2.33. The van der Waals surface area contributed by atoms with E-state index in [9.17, 15) is 13.6 Å². The molecule has 1 aliphatic carbocycles. The van der Waals surface area contributed by atoms with Crippen LogP contribution >= 0.6 is 11.6 Å². The van der Waals surface area contributed by atoms with Crippen LogP contribution in [-0.2, 0) is 4.74 Å². The molecule has 1 aliphatic rings. The highest BCUT2D eigenvalue weighted by atomic mass is 35.5. The van der Waals surface area contributed by atoms with Gasteiger partial charge in [-0.2, -0.15) is 0 Å². The Morgan fingerprint density at radius 1 is 1.35 bits per heavy atom. The number of nitrogens with zero attached hydrogens (tertiary/aromatic N) is 4. The van der Waals surface area contributed by atoms with Crippen molar-refractivity contribution in [1.82, 2.24) is 19.6 Å². The van der Waals surface area contributed by atoms with E-state index in [1.54, 1.807) is 23.5 Å². The lowest BCUT2D eigenvalue weighted by Crippen LogP contribution is -2.34. The summed E-state index contributed by atoms with van der Waals surface area (Å²) in [6.07, 6.45) is -0.539. The van der Waals surface area contributed by atoms with E-state index >= 15 is 0 Å². The summed E-state index contributed by atoms with van der Waals surface area (Å²) < 4.78 is 33.0. The summed E-state index contributed by atoms with van der Waals surface area (Å²) in [4.78, 5) is 16.1. The average molecular weight is 383 g/mol. The summed E-state index contributed by atoms with van der Waals surface area (Å²) in [5, 5.41) is 8.16. The van der Waals surface area contributed by atoms with E-state index < -0.39 is 17.8 Å². The quantitative estimate of drug-likeness (QED) is 0.622. The van der Waals surface area contributed by atoms with Gasteiger partial charge in [0.15, 0.2) is 10.8 Å². The van der Waals surface area contributed by atoms with Gasteiger partial charge in [0.1, 0.15) is 5.82 Å². The summed E-state index contributed by atoms with van der Waals surface area (Å²) in [6, 6.07) is 3.31. The second-order valence-electron chi connectivity index (χ2n) is 6.23. The van der Waals surface area contributed by atoms with Crippen molar-refractivity contribution in [2.75, 3.05) is 7.11 Å². The van der Waals surface area contributed by atoms with Crippen LogP contribution in [0.1, 0.15) is 47.9 Å². The van der Waals surface area contributed by atoms with Gasteiger partial charge in [0, 0.05) is 18.8 Å². The molecule has 0 saturated heterocycles. The first-order chi connectivity index (χ1) is 11.8. The third-order valence-corrected chi connectivity index (χ3v) is 4.77. The van der Waals surface area contributed by atoms with Crippen LogP contribution < -0.4 is 0 Å². The van der Waals surface area contributed by atoms with Gasteiger partial charge in [-0.3, -0.25) is 4.40 Å². The fourth-order valence-electron chi connectivity index (χ4n) is 3.21. The third-order valence-electron chi connectivity index (χ3n) is 4.51. The molecule has 0 atom stereocenters. The van der Waals surface area contributed by atoms with Crippen LogP contribution in [0.25, 0.3) is 16.7 Å². The summed E-state index contributed by atoms with van der Waals surface area (Å²) in [7, 11) is 1.30. The zero-order valence-electron chi connectivity index (χ0n) is 13.4. The van der Waals surface area contributed by atoms with Crippen LogP contribution in [0.4, 0.5) is 8.78 Å². The molecule has 1 aromatic carbocycles. The Morgan fingerprint density at radius 3 is 2.65 bits per heavy atom.